The second kappa shape index (κ2) is 6.56. The van der Waals surface area contributed by atoms with E-state index in [1.165, 1.54) is 12.6 Å². The predicted octanol–water partition coefficient (Wildman–Crippen LogP) is -0.766. The third-order valence-electron chi connectivity index (χ3n) is 4.70. The highest BCUT2D eigenvalue weighted by Gasteiger charge is 2.43. The van der Waals surface area contributed by atoms with E-state index in [1.54, 1.807) is 6.07 Å². The molecular formula is C15H23N3O5. The molecule has 23 heavy (non-hydrogen) atoms. The summed E-state index contributed by atoms with van der Waals surface area (Å²) in [4.78, 5) is 18.5. The van der Waals surface area contributed by atoms with Crippen molar-refractivity contribution in [1.82, 2.24) is 9.55 Å². The van der Waals surface area contributed by atoms with Crippen molar-refractivity contribution in [1.29, 1.82) is 0 Å². The van der Waals surface area contributed by atoms with E-state index in [2.05, 4.69) is 16.8 Å². The van der Waals surface area contributed by atoms with Crippen molar-refractivity contribution in [3.63, 3.8) is 0 Å². The van der Waals surface area contributed by atoms with Gasteiger partial charge in [0.25, 0.3) is 0 Å². The van der Waals surface area contributed by atoms with Gasteiger partial charge in [0.05, 0.1) is 6.61 Å². The Labute approximate surface area is 134 Å². The lowest BCUT2D eigenvalue weighted by atomic mass is 10.0. The number of rotatable bonds is 3. The monoisotopic (exact) mass is 325 g/mol. The van der Waals surface area contributed by atoms with Crippen molar-refractivity contribution >= 4 is 5.82 Å². The minimum atomic E-state index is -1.29. The third kappa shape index (κ3) is 2.99. The molecule has 0 bridgehead atoms. The maximum absolute atomic E-state index is 12.3. The second-order valence-corrected chi connectivity index (χ2v) is 6.24. The van der Waals surface area contributed by atoms with Crippen molar-refractivity contribution in [2.45, 2.75) is 56.8 Å². The van der Waals surface area contributed by atoms with Crippen molar-refractivity contribution in [2.24, 2.45) is 0 Å². The largest absolute Gasteiger partial charge is 0.394 e. The van der Waals surface area contributed by atoms with Crippen LogP contribution in [0.25, 0.3) is 0 Å². The van der Waals surface area contributed by atoms with Crippen LogP contribution in [0.15, 0.2) is 17.1 Å². The summed E-state index contributed by atoms with van der Waals surface area (Å²) in [7, 11) is 0. The summed E-state index contributed by atoms with van der Waals surface area (Å²) >= 11 is 0. The normalized spacial score (nSPS) is 34.8. The number of nitrogens with zero attached hydrogens (tertiary/aromatic N) is 3. The van der Waals surface area contributed by atoms with Crippen LogP contribution in [0.4, 0.5) is 5.82 Å². The van der Waals surface area contributed by atoms with Crippen molar-refractivity contribution in [2.75, 3.05) is 18.1 Å². The molecule has 5 atom stereocenters. The second-order valence-electron chi connectivity index (χ2n) is 6.24. The highest BCUT2D eigenvalue weighted by atomic mass is 16.6. The molecule has 0 amide bonds. The molecule has 0 saturated carbocycles. The number of hydrogen-bond donors (Lipinski definition) is 3. The minimum Gasteiger partial charge on any atom is -0.394 e. The first-order valence-electron chi connectivity index (χ1n) is 8.01. The van der Waals surface area contributed by atoms with Gasteiger partial charge in [0, 0.05) is 18.8 Å². The number of aromatic nitrogens is 2. The van der Waals surface area contributed by atoms with Crippen LogP contribution in [0, 0.1) is 0 Å². The molecule has 8 nitrogen and oxygen atoms in total. The molecule has 1 aromatic heterocycles. The van der Waals surface area contributed by atoms with Gasteiger partial charge in [-0.2, -0.15) is 4.98 Å². The standard InChI is InChI=1S/C15H23N3O5/c1-9-4-2-3-6-17(9)11-5-7-18(15(22)16-11)14-13(21)12(20)10(8-19)23-14/h5,7,9-10,12-14,19-21H,2-4,6,8H2,1H3. The van der Waals surface area contributed by atoms with E-state index < -0.39 is 36.8 Å². The lowest BCUT2D eigenvalue weighted by Gasteiger charge is -2.34. The zero-order chi connectivity index (χ0) is 16.6. The zero-order valence-corrected chi connectivity index (χ0v) is 13.1. The highest BCUT2D eigenvalue weighted by Crippen LogP contribution is 2.28. The molecule has 2 aliphatic rings. The fourth-order valence-electron chi connectivity index (χ4n) is 3.31. The van der Waals surface area contributed by atoms with Gasteiger partial charge in [-0.1, -0.05) is 0 Å². The van der Waals surface area contributed by atoms with E-state index in [0.29, 0.717) is 11.9 Å². The average Bonchev–Trinajstić information content (AvgIpc) is 2.83. The van der Waals surface area contributed by atoms with Gasteiger partial charge in [-0.3, -0.25) is 4.57 Å². The summed E-state index contributed by atoms with van der Waals surface area (Å²) in [6.07, 6.45) is 0.358. The van der Waals surface area contributed by atoms with Crippen LogP contribution < -0.4 is 10.6 Å². The predicted molar refractivity (Wildman–Crippen MR) is 82.2 cm³/mol. The Hall–Kier alpha value is -1.48. The Morgan fingerprint density at radius 1 is 1.35 bits per heavy atom. The van der Waals surface area contributed by atoms with Crippen LogP contribution in [0.1, 0.15) is 32.4 Å². The summed E-state index contributed by atoms with van der Waals surface area (Å²) < 4.78 is 6.52. The fourth-order valence-corrected chi connectivity index (χ4v) is 3.31. The Bertz CT molecular complexity index is 607. The first-order valence-corrected chi connectivity index (χ1v) is 8.01. The molecule has 2 aliphatic heterocycles. The summed E-state index contributed by atoms with van der Waals surface area (Å²) in [5.74, 6) is 0.616. The Morgan fingerprint density at radius 3 is 2.74 bits per heavy atom. The molecular weight excluding hydrogens is 302 g/mol. The summed E-state index contributed by atoms with van der Waals surface area (Å²) in [6, 6.07) is 2.05. The molecule has 0 radical (unpaired) electrons. The molecule has 1 aromatic rings. The average molecular weight is 325 g/mol. The molecule has 128 valence electrons. The molecule has 8 heteroatoms. The fraction of sp³-hybridized carbons (Fsp3) is 0.733. The first-order chi connectivity index (χ1) is 11.0. The topological polar surface area (TPSA) is 108 Å². The van der Waals surface area contributed by atoms with E-state index in [1.807, 2.05) is 0 Å². The summed E-state index contributed by atoms with van der Waals surface area (Å²) in [5.41, 5.74) is -0.546. The van der Waals surface area contributed by atoms with Crippen molar-refractivity contribution in [3.8, 4) is 0 Å². The third-order valence-corrected chi connectivity index (χ3v) is 4.70. The van der Waals surface area contributed by atoms with Gasteiger partial charge in [0.1, 0.15) is 24.1 Å². The molecule has 2 saturated heterocycles. The van der Waals surface area contributed by atoms with E-state index in [0.717, 1.165) is 24.0 Å². The molecule has 3 N–H and O–H groups in total. The van der Waals surface area contributed by atoms with Gasteiger partial charge < -0.3 is 25.0 Å². The SMILES string of the molecule is CC1CCCCN1c1ccn(C2OC(CO)C(O)C2O)c(=O)n1. The maximum Gasteiger partial charge on any atom is 0.351 e. The van der Waals surface area contributed by atoms with Crippen LogP contribution in [0.3, 0.4) is 0 Å². The Morgan fingerprint density at radius 2 is 2.13 bits per heavy atom. The number of ether oxygens (including phenoxy) is 1. The molecule has 3 rings (SSSR count). The van der Waals surface area contributed by atoms with Gasteiger partial charge in [0.2, 0.25) is 0 Å². The van der Waals surface area contributed by atoms with Gasteiger partial charge in [-0.15, -0.1) is 0 Å². The molecule has 0 spiro atoms. The van der Waals surface area contributed by atoms with Crippen LogP contribution in [-0.4, -0.2) is 62.4 Å². The van der Waals surface area contributed by atoms with Gasteiger partial charge in [0.15, 0.2) is 6.23 Å². The molecule has 5 unspecified atom stereocenters. The number of hydrogen-bond acceptors (Lipinski definition) is 7. The maximum atomic E-state index is 12.3. The van der Waals surface area contributed by atoms with Crippen LogP contribution in [-0.2, 0) is 4.74 Å². The molecule has 3 heterocycles. The van der Waals surface area contributed by atoms with Gasteiger partial charge in [-0.25, -0.2) is 4.79 Å². The lowest BCUT2D eigenvalue weighted by molar-refractivity contribution is -0.0549. The van der Waals surface area contributed by atoms with Crippen LogP contribution in [0.2, 0.25) is 0 Å². The van der Waals surface area contributed by atoms with Gasteiger partial charge in [-0.05, 0) is 32.3 Å². The van der Waals surface area contributed by atoms with E-state index >= 15 is 0 Å². The first kappa shape index (κ1) is 16.4. The van der Waals surface area contributed by atoms with E-state index in [-0.39, 0.29) is 0 Å². The Kier molecular flexibility index (Phi) is 4.67. The molecule has 0 aliphatic carbocycles. The Balaban J connectivity index is 1.84. The number of anilines is 1. The summed E-state index contributed by atoms with van der Waals surface area (Å²) in [6.45, 7) is 2.55. The quantitative estimate of drug-likeness (QED) is 0.670. The van der Waals surface area contributed by atoms with Gasteiger partial charge >= 0.3 is 5.69 Å². The molecule has 0 aromatic carbocycles. The number of aliphatic hydroxyl groups excluding tert-OH is 3. The number of aliphatic hydroxyl groups is 3. The van der Waals surface area contributed by atoms with Crippen LogP contribution >= 0.6 is 0 Å². The van der Waals surface area contributed by atoms with Crippen molar-refractivity contribution < 1.29 is 20.1 Å². The lowest BCUT2D eigenvalue weighted by Crippen LogP contribution is -2.40. The van der Waals surface area contributed by atoms with Crippen molar-refractivity contribution in [3.05, 3.63) is 22.7 Å². The molecule has 2 fully saturated rings. The summed E-state index contributed by atoms with van der Waals surface area (Å²) in [5, 5.41) is 28.9. The minimum absolute atomic E-state index is 0.334. The number of piperidine rings is 1. The van der Waals surface area contributed by atoms with E-state index in [9.17, 15) is 15.0 Å². The highest BCUT2D eigenvalue weighted by molar-refractivity contribution is 5.38. The van der Waals surface area contributed by atoms with Crippen LogP contribution in [0.5, 0.6) is 0 Å². The van der Waals surface area contributed by atoms with E-state index in [4.69, 9.17) is 9.84 Å². The smallest absolute Gasteiger partial charge is 0.351 e. The zero-order valence-electron chi connectivity index (χ0n) is 13.1.